The summed E-state index contributed by atoms with van der Waals surface area (Å²) in [6, 6.07) is 10.9. The number of fused-ring (bicyclic) bond motifs is 1. The monoisotopic (exact) mass is 395 g/mol. The highest BCUT2D eigenvalue weighted by atomic mass is 19.4. The van der Waals surface area contributed by atoms with Crippen LogP contribution < -0.4 is 14.2 Å². The van der Waals surface area contributed by atoms with Crippen molar-refractivity contribution in [2.24, 2.45) is 0 Å². The average Bonchev–Trinajstić information content (AvgIpc) is 2.66. The number of para-hydroxylation sites is 1. The summed E-state index contributed by atoms with van der Waals surface area (Å²) < 4.78 is 51.8. The summed E-state index contributed by atoms with van der Waals surface area (Å²) in [5.74, 6) is 0.853. The van der Waals surface area contributed by atoms with Crippen molar-refractivity contribution in [1.82, 2.24) is 4.90 Å². The number of hydrogen-bond donors (Lipinski definition) is 0. The van der Waals surface area contributed by atoms with E-state index in [0.717, 1.165) is 5.56 Å². The van der Waals surface area contributed by atoms with Gasteiger partial charge in [0.1, 0.15) is 19.0 Å². The maximum absolute atomic E-state index is 12.7. The fourth-order valence-corrected chi connectivity index (χ4v) is 2.94. The molecule has 0 N–H and O–H groups in total. The van der Waals surface area contributed by atoms with E-state index in [2.05, 4.69) is 4.74 Å². The summed E-state index contributed by atoms with van der Waals surface area (Å²) in [6.07, 6.45) is -4.66. The SMILES string of the molecule is CCN(Cc1cccc2c1OCCO2)C(=O)Cc1ccc(OC(F)(F)F)cc1. The van der Waals surface area contributed by atoms with Crippen LogP contribution in [0.4, 0.5) is 13.2 Å². The van der Waals surface area contributed by atoms with Gasteiger partial charge in [0.25, 0.3) is 0 Å². The Balaban J connectivity index is 1.66. The number of carbonyl (C=O) groups is 1. The molecule has 8 heteroatoms. The third kappa shape index (κ3) is 5.09. The fraction of sp³-hybridized carbons (Fsp3) is 0.350. The van der Waals surface area contributed by atoms with Crippen molar-refractivity contribution >= 4 is 5.91 Å². The third-order valence-corrected chi connectivity index (χ3v) is 4.26. The van der Waals surface area contributed by atoms with Crippen molar-refractivity contribution in [2.45, 2.75) is 26.3 Å². The van der Waals surface area contributed by atoms with Gasteiger partial charge in [-0.3, -0.25) is 4.79 Å². The molecule has 1 amide bonds. The first-order valence-corrected chi connectivity index (χ1v) is 8.85. The van der Waals surface area contributed by atoms with Crippen molar-refractivity contribution in [1.29, 1.82) is 0 Å². The lowest BCUT2D eigenvalue weighted by molar-refractivity contribution is -0.274. The normalized spacial score (nSPS) is 13.1. The van der Waals surface area contributed by atoms with Crippen molar-refractivity contribution in [3.63, 3.8) is 0 Å². The number of alkyl halides is 3. The second-order valence-electron chi connectivity index (χ2n) is 6.22. The van der Waals surface area contributed by atoms with Gasteiger partial charge in [-0.1, -0.05) is 24.3 Å². The maximum atomic E-state index is 12.7. The van der Waals surface area contributed by atoms with Crippen LogP contribution in [-0.2, 0) is 17.8 Å². The van der Waals surface area contributed by atoms with Crippen LogP contribution in [0.3, 0.4) is 0 Å². The molecule has 1 aliphatic rings. The summed E-state index contributed by atoms with van der Waals surface area (Å²) in [5, 5.41) is 0. The first-order valence-electron chi connectivity index (χ1n) is 8.85. The van der Waals surface area contributed by atoms with Gasteiger partial charge in [-0.05, 0) is 30.7 Å². The zero-order valence-corrected chi connectivity index (χ0v) is 15.3. The molecule has 0 radical (unpaired) electrons. The first kappa shape index (κ1) is 19.9. The first-order chi connectivity index (χ1) is 13.4. The molecule has 2 aromatic carbocycles. The molecule has 150 valence electrons. The van der Waals surface area contributed by atoms with E-state index in [1.54, 1.807) is 4.90 Å². The van der Waals surface area contributed by atoms with Gasteiger partial charge in [0.2, 0.25) is 5.91 Å². The van der Waals surface area contributed by atoms with Gasteiger partial charge in [-0.2, -0.15) is 0 Å². The Morgan fingerprint density at radius 3 is 2.50 bits per heavy atom. The zero-order chi connectivity index (χ0) is 20.1. The quantitative estimate of drug-likeness (QED) is 0.743. The lowest BCUT2D eigenvalue weighted by Crippen LogP contribution is -2.32. The number of ether oxygens (including phenoxy) is 3. The summed E-state index contributed by atoms with van der Waals surface area (Å²) in [6.45, 7) is 3.65. The van der Waals surface area contributed by atoms with E-state index in [-0.39, 0.29) is 18.1 Å². The Kier molecular flexibility index (Phi) is 5.96. The van der Waals surface area contributed by atoms with Crippen LogP contribution in [-0.4, -0.2) is 36.9 Å². The van der Waals surface area contributed by atoms with Crippen LogP contribution in [0.25, 0.3) is 0 Å². The molecule has 0 aliphatic carbocycles. The van der Waals surface area contributed by atoms with Gasteiger partial charge >= 0.3 is 6.36 Å². The molecule has 0 aromatic heterocycles. The standard InChI is InChI=1S/C20H20F3NO4/c1-2-24(13-15-4-3-5-17-19(15)27-11-10-26-17)18(25)12-14-6-8-16(9-7-14)28-20(21,22)23/h3-9H,2,10-13H2,1H3. The highest BCUT2D eigenvalue weighted by molar-refractivity contribution is 5.79. The second kappa shape index (κ2) is 8.41. The number of hydrogen-bond acceptors (Lipinski definition) is 4. The van der Waals surface area contributed by atoms with Crippen molar-refractivity contribution in [3.05, 3.63) is 53.6 Å². The molecule has 0 atom stereocenters. The summed E-state index contributed by atoms with van der Waals surface area (Å²) in [4.78, 5) is 14.3. The maximum Gasteiger partial charge on any atom is 0.573 e. The van der Waals surface area contributed by atoms with Crippen LogP contribution in [0.1, 0.15) is 18.1 Å². The zero-order valence-electron chi connectivity index (χ0n) is 15.3. The van der Waals surface area contributed by atoms with Gasteiger partial charge in [0, 0.05) is 18.7 Å². The van der Waals surface area contributed by atoms with E-state index >= 15 is 0 Å². The largest absolute Gasteiger partial charge is 0.573 e. The molecule has 1 aliphatic heterocycles. The van der Waals surface area contributed by atoms with E-state index in [4.69, 9.17) is 9.47 Å². The fourth-order valence-electron chi connectivity index (χ4n) is 2.94. The summed E-state index contributed by atoms with van der Waals surface area (Å²) >= 11 is 0. The second-order valence-corrected chi connectivity index (χ2v) is 6.22. The number of amides is 1. The van der Waals surface area contributed by atoms with Gasteiger partial charge in [0.15, 0.2) is 11.5 Å². The lowest BCUT2D eigenvalue weighted by Gasteiger charge is -2.25. The van der Waals surface area contributed by atoms with Gasteiger partial charge in [-0.15, -0.1) is 13.2 Å². The van der Waals surface area contributed by atoms with Crippen LogP contribution in [0.2, 0.25) is 0 Å². The number of nitrogens with zero attached hydrogens (tertiary/aromatic N) is 1. The van der Waals surface area contributed by atoms with Gasteiger partial charge in [-0.25, -0.2) is 0 Å². The molecular weight excluding hydrogens is 375 g/mol. The smallest absolute Gasteiger partial charge is 0.486 e. The third-order valence-electron chi connectivity index (χ3n) is 4.26. The van der Waals surface area contributed by atoms with Crippen LogP contribution in [0.15, 0.2) is 42.5 Å². The number of carbonyl (C=O) groups excluding carboxylic acids is 1. The molecule has 0 saturated carbocycles. The molecule has 1 heterocycles. The Labute approximate surface area is 160 Å². The number of likely N-dealkylation sites (N-methyl/N-ethyl adjacent to an activating group) is 1. The van der Waals surface area contributed by atoms with E-state index in [0.29, 0.717) is 43.4 Å². The molecule has 5 nitrogen and oxygen atoms in total. The number of benzene rings is 2. The van der Waals surface area contributed by atoms with E-state index < -0.39 is 6.36 Å². The molecular formula is C20H20F3NO4. The van der Waals surface area contributed by atoms with Crippen LogP contribution in [0.5, 0.6) is 17.2 Å². The molecule has 0 bridgehead atoms. The minimum atomic E-state index is -4.74. The predicted molar refractivity (Wildman–Crippen MR) is 95.4 cm³/mol. The minimum absolute atomic E-state index is 0.0759. The summed E-state index contributed by atoms with van der Waals surface area (Å²) in [5.41, 5.74) is 1.45. The van der Waals surface area contributed by atoms with Crippen molar-refractivity contribution in [3.8, 4) is 17.2 Å². The lowest BCUT2D eigenvalue weighted by atomic mass is 10.1. The van der Waals surface area contributed by atoms with E-state index in [9.17, 15) is 18.0 Å². The average molecular weight is 395 g/mol. The highest BCUT2D eigenvalue weighted by Crippen LogP contribution is 2.34. The van der Waals surface area contributed by atoms with Gasteiger partial charge in [0.05, 0.1) is 6.42 Å². The van der Waals surface area contributed by atoms with Crippen LogP contribution in [0, 0.1) is 0 Å². The summed E-state index contributed by atoms with van der Waals surface area (Å²) in [7, 11) is 0. The van der Waals surface area contributed by atoms with Crippen molar-refractivity contribution in [2.75, 3.05) is 19.8 Å². The molecule has 0 spiro atoms. The van der Waals surface area contributed by atoms with E-state index in [1.165, 1.54) is 24.3 Å². The topological polar surface area (TPSA) is 48.0 Å². The van der Waals surface area contributed by atoms with Crippen molar-refractivity contribution < 1.29 is 32.2 Å². The number of rotatable bonds is 6. The van der Waals surface area contributed by atoms with Gasteiger partial charge < -0.3 is 19.1 Å². The molecule has 2 aromatic rings. The molecule has 0 unspecified atom stereocenters. The van der Waals surface area contributed by atoms with E-state index in [1.807, 2.05) is 25.1 Å². The minimum Gasteiger partial charge on any atom is -0.486 e. The Morgan fingerprint density at radius 1 is 1.11 bits per heavy atom. The molecule has 3 rings (SSSR count). The molecule has 28 heavy (non-hydrogen) atoms. The predicted octanol–water partition coefficient (Wildman–Crippen LogP) is 3.95. The number of halogens is 3. The molecule has 0 fully saturated rings. The Hall–Kier alpha value is -2.90. The van der Waals surface area contributed by atoms with Crippen LogP contribution >= 0.6 is 0 Å². The highest BCUT2D eigenvalue weighted by Gasteiger charge is 2.31. The molecule has 0 saturated heterocycles. The Morgan fingerprint density at radius 2 is 1.82 bits per heavy atom. The Bertz CT molecular complexity index is 821.